The quantitative estimate of drug-likeness (QED) is 0.458. The molecule has 2 aromatic heterocycles. The number of benzene rings is 2. The highest BCUT2D eigenvalue weighted by Crippen LogP contribution is 2.26. The van der Waals surface area contributed by atoms with Crippen molar-refractivity contribution in [3.05, 3.63) is 95.3 Å². The van der Waals surface area contributed by atoms with E-state index in [0.717, 1.165) is 28.2 Å². The summed E-state index contributed by atoms with van der Waals surface area (Å²) in [7, 11) is 0. The third kappa shape index (κ3) is 4.36. The van der Waals surface area contributed by atoms with Crippen molar-refractivity contribution in [1.29, 1.82) is 0 Å². The topological polar surface area (TPSA) is 37.9 Å². The molecule has 5 heteroatoms. The molecule has 3 nitrogen and oxygen atoms in total. The average Bonchev–Trinajstić information content (AvgIpc) is 3.15. The van der Waals surface area contributed by atoms with Gasteiger partial charge in [-0.25, -0.2) is 13.8 Å². The van der Waals surface area contributed by atoms with Crippen LogP contribution in [0.2, 0.25) is 0 Å². The Morgan fingerprint density at radius 1 is 0.929 bits per heavy atom. The van der Waals surface area contributed by atoms with Crippen LogP contribution < -0.4 is 4.74 Å². The third-order valence-electron chi connectivity index (χ3n) is 4.26. The molecule has 4 rings (SSSR count). The number of ether oxygens (including phenoxy) is 1. The van der Waals surface area contributed by atoms with Crippen molar-refractivity contribution in [1.82, 2.24) is 9.97 Å². The van der Waals surface area contributed by atoms with E-state index >= 15 is 0 Å². The van der Waals surface area contributed by atoms with Gasteiger partial charge in [-0.05, 0) is 34.9 Å². The second-order valence-corrected chi connectivity index (χ2v) is 6.04. The number of aromatic amines is 1. The molecule has 28 heavy (non-hydrogen) atoms. The number of rotatable bonds is 5. The zero-order chi connectivity index (χ0) is 19.9. The maximum atomic E-state index is 14.5. The van der Waals surface area contributed by atoms with E-state index in [1.807, 2.05) is 56.3 Å². The summed E-state index contributed by atoms with van der Waals surface area (Å²) in [5.41, 5.74) is 2.76. The molecule has 0 unspecified atom stereocenters. The first kappa shape index (κ1) is 19.5. The van der Waals surface area contributed by atoms with E-state index in [9.17, 15) is 8.78 Å². The summed E-state index contributed by atoms with van der Waals surface area (Å²) in [5, 5.41) is 0.900. The van der Waals surface area contributed by atoms with Gasteiger partial charge in [0.05, 0.1) is 0 Å². The number of hydrogen-bond donors (Lipinski definition) is 1. The second kappa shape index (κ2) is 9.13. The Morgan fingerprint density at radius 3 is 2.50 bits per heavy atom. The van der Waals surface area contributed by atoms with Crippen molar-refractivity contribution in [3.63, 3.8) is 0 Å². The number of aromatic nitrogens is 2. The lowest BCUT2D eigenvalue weighted by molar-refractivity contribution is 0.288. The lowest BCUT2D eigenvalue weighted by Crippen LogP contribution is -2.01. The molecule has 0 aliphatic rings. The van der Waals surface area contributed by atoms with E-state index in [1.54, 1.807) is 12.4 Å². The molecule has 2 heterocycles. The van der Waals surface area contributed by atoms with Gasteiger partial charge in [0.15, 0.2) is 11.6 Å². The van der Waals surface area contributed by atoms with Gasteiger partial charge in [-0.15, -0.1) is 0 Å². The fraction of sp³-hybridized carbons (Fsp3) is 0.174. The predicted octanol–water partition coefficient (Wildman–Crippen LogP) is 6.04. The van der Waals surface area contributed by atoms with E-state index in [4.69, 9.17) is 4.74 Å². The normalized spacial score (nSPS) is 10.4. The third-order valence-corrected chi connectivity index (χ3v) is 4.26. The average molecular weight is 380 g/mol. The summed E-state index contributed by atoms with van der Waals surface area (Å²) in [6.45, 7) is 4.19. The van der Waals surface area contributed by atoms with Gasteiger partial charge in [0, 0.05) is 30.3 Å². The van der Waals surface area contributed by atoms with Crippen LogP contribution in [0.15, 0.2) is 67.0 Å². The van der Waals surface area contributed by atoms with E-state index in [1.165, 1.54) is 6.07 Å². The molecular weight excluding hydrogens is 358 g/mol. The number of nitrogens with zero attached hydrogens (tertiary/aromatic N) is 1. The molecule has 0 aliphatic heterocycles. The fourth-order valence-electron chi connectivity index (χ4n) is 2.92. The monoisotopic (exact) mass is 380 g/mol. The molecule has 0 amide bonds. The minimum absolute atomic E-state index is 0.0873. The van der Waals surface area contributed by atoms with Crippen LogP contribution in [-0.4, -0.2) is 9.97 Å². The minimum atomic E-state index is -0.574. The number of pyridine rings is 1. The molecule has 0 spiro atoms. The first-order chi connectivity index (χ1) is 13.7. The maximum Gasteiger partial charge on any atom is 0.165 e. The molecule has 0 aliphatic carbocycles. The first-order valence-corrected chi connectivity index (χ1v) is 9.26. The van der Waals surface area contributed by atoms with Crippen LogP contribution in [0.25, 0.3) is 11.0 Å². The number of H-pyrrole nitrogens is 1. The Balaban J connectivity index is 0.00000109. The maximum absolute atomic E-state index is 14.5. The summed E-state index contributed by atoms with van der Waals surface area (Å²) >= 11 is 0. The summed E-state index contributed by atoms with van der Waals surface area (Å²) in [6, 6.07) is 15.4. The predicted molar refractivity (Wildman–Crippen MR) is 107 cm³/mol. The summed E-state index contributed by atoms with van der Waals surface area (Å²) in [4.78, 5) is 7.25. The molecule has 0 radical (unpaired) electrons. The van der Waals surface area contributed by atoms with Gasteiger partial charge in [-0.3, -0.25) is 0 Å². The van der Waals surface area contributed by atoms with Gasteiger partial charge in [-0.2, -0.15) is 0 Å². The number of fused-ring (bicyclic) bond motifs is 1. The Morgan fingerprint density at radius 2 is 1.71 bits per heavy atom. The molecule has 1 N–H and O–H groups in total. The van der Waals surface area contributed by atoms with Gasteiger partial charge < -0.3 is 9.72 Å². The van der Waals surface area contributed by atoms with Gasteiger partial charge in [0.2, 0.25) is 0 Å². The van der Waals surface area contributed by atoms with E-state index in [0.29, 0.717) is 0 Å². The first-order valence-electron chi connectivity index (χ1n) is 9.26. The van der Waals surface area contributed by atoms with Crippen molar-refractivity contribution >= 4 is 11.0 Å². The molecule has 4 aromatic rings. The molecule has 0 fully saturated rings. The van der Waals surface area contributed by atoms with Crippen LogP contribution in [0.4, 0.5) is 8.78 Å². The van der Waals surface area contributed by atoms with Crippen LogP contribution in [0.1, 0.15) is 30.5 Å². The van der Waals surface area contributed by atoms with Crippen LogP contribution >= 0.6 is 0 Å². The Labute approximate surface area is 163 Å². The summed E-state index contributed by atoms with van der Waals surface area (Å²) in [5.74, 6) is -1.15. The van der Waals surface area contributed by atoms with Crippen LogP contribution in [0.3, 0.4) is 0 Å². The lowest BCUT2D eigenvalue weighted by atomic mass is 10.0. The highest BCUT2D eigenvalue weighted by atomic mass is 19.1. The van der Waals surface area contributed by atoms with Crippen molar-refractivity contribution in [2.45, 2.75) is 26.9 Å². The lowest BCUT2D eigenvalue weighted by Gasteiger charge is -2.10. The van der Waals surface area contributed by atoms with Gasteiger partial charge in [-0.1, -0.05) is 44.2 Å². The number of hydrogen-bond acceptors (Lipinski definition) is 2. The zero-order valence-electron chi connectivity index (χ0n) is 15.9. The van der Waals surface area contributed by atoms with Crippen LogP contribution in [0, 0.1) is 11.6 Å². The van der Waals surface area contributed by atoms with Crippen molar-refractivity contribution in [2.75, 3.05) is 0 Å². The highest BCUT2D eigenvalue weighted by Gasteiger charge is 2.14. The van der Waals surface area contributed by atoms with Gasteiger partial charge in [0.1, 0.15) is 18.1 Å². The van der Waals surface area contributed by atoms with Crippen molar-refractivity contribution < 1.29 is 13.5 Å². The van der Waals surface area contributed by atoms with Crippen LogP contribution in [-0.2, 0) is 13.0 Å². The molecule has 0 bridgehead atoms. The molecule has 144 valence electrons. The Kier molecular flexibility index (Phi) is 6.37. The fourth-order valence-corrected chi connectivity index (χ4v) is 2.92. The van der Waals surface area contributed by atoms with Crippen molar-refractivity contribution in [2.24, 2.45) is 0 Å². The van der Waals surface area contributed by atoms with E-state index in [-0.39, 0.29) is 24.3 Å². The van der Waals surface area contributed by atoms with Gasteiger partial charge in [0.25, 0.3) is 0 Å². The van der Waals surface area contributed by atoms with E-state index < -0.39 is 11.6 Å². The Hall–Kier alpha value is -3.21. The van der Waals surface area contributed by atoms with Crippen molar-refractivity contribution in [3.8, 4) is 5.75 Å². The highest BCUT2D eigenvalue weighted by molar-refractivity contribution is 5.79. The number of halogens is 2. The van der Waals surface area contributed by atoms with E-state index in [2.05, 4.69) is 9.97 Å². The summed E-state index contributed by atoms with van der Waals surface area (Å²) < 4.78 is 34.3. The molecule has 0 atom stereocenters. The second-order valence-electron chi connectivity index (χ2n) is 6.04. The minimum Gasteiger partial charge on any atom is -0.486 e. The standard InChI is InChI=1S/C21H16F2N2O.C2H6/c22-18-11-20(26-13-14-5-2-1-3-6-14)19(23)10-15(18)9-16-12-25-21-17(16)7-4-8-24-21;1-2/h1-8,10-12H,9,13H2,(H,24,25);1-2H3. The largest absolute Gasteiger partial charge is 0.486 e. The zero-order valence-corrected chi connectivity index (χ0v) is 15.9. The van der Waals surface area contributed by atoms with Crippen LogP contribution in [0.5, 0.6) is 5.75 Å². The SMILES string of the molecule is CC.Fc1cc(OCc2ccccc2)c(F)cc1Cc1c[nH]c2ncccc12. The molecule has 2 aromatic carbocycles. The molecular formula is C23H22F2N2O. The van der Waals surface area contributed by atoms with Gasteiger partial charge >= 0.3 is 0 Å². The molecule has 0 saturated carbocycles. The Bertz CT molecular complexity index is 1050. The smallest absolute Gasteiger partial charge is 0.165 e. The number of nitrogens with one attached hydrogen (secondary N) is 1. The summed E-state index contributed by atoms with van der Waals surface area (Å²) in [6.07, 6.45) is 3.73. The molecule has 0 saturated heterocycles.